The third kappa shape index (κ3) is 4.41. The fourth-order valence-electron chi connectivity index (χ4n) is 3.62. The van der Waals surface area contributed by atoms with Gasteiger partial charge in [-0.3, -0.25) is 4.79 Å². The first-order chi connectivity index (χ1) is 14.7. The molecule has 0 saturated carbocycles. The van der Waals surface area contributed by atoms with E-state index in [2.05, 4.69) is 29.0 Å². The highest BCUT2D eigenvalue weighted by Crippen LogP contribution is 2.17. The van der Waals surface area contributed by atoms with E-state index >= 15 is 0 Å². The molecule has 0 aliphatic carbocycles. The Bertz CT molecular complexity index is 1030. The quantitative estimate of drug-likeness (QED) is 0.679. The molecule has 1 N–H and O–H groups in total. The second-order valence-corrected chi connectivity index (χ2v) is 7.33. The number of pyridine rings is 1. The molecule has 30 heavy (non-hydrogen) atoms. The molecule has 4 rings (SSSR count). The van der Waals surface area contributed by atoms with Crippen molar-refractivity contribution in [2.75, 3.05) is 31.2 Å². The number of hydrogen-bond acceptors (Lipinski definition) is 6. The summed E-state index contributed by atoms with van der Waals surface area (Å²) in [4.78, 5) is 28.8. The van der Waals surface area contributed by atoms with E-state index in [1.54, 1.807) is 6.07 Å². The van der Waals surface area contributed by atoms with Crippen LogP contribution in [0.4, 0.5) is 5.82 Å². The van der Waals surface area contributed by atoms with E-state index in [1.807, 2.05) is 30.5 Å². The van der Waals surface area contributed by atoms with Crippen LogP contribution >= 0.6 is 0 Å². The maximum Gasteiger partial charge on any atom is 0.251 e. The summed E-state index contributed by atoms with van der Waals surface area (Å²) >= 11 is 0. The molecule has 1 aliphatic heterocycles. The Balaban J connectivity index is 1.42. The molecule has 1 aromatic carbocycles. The van der Waals surface area contributed by atoms with Gasteiger partial charge in [0.25, 0.3) is 5.91 Å². The molecule has 156 valence electrons. The fraction of sp³-hybridized carbons (Fsp3) is 0.391. The number of hydrogen-bond donors (Lipinski definition) is 1. The molecule has 7 heteroatoms. The van der Waals surface area contributed by atoms with Crippen LogP contribution < -0.4 is 10.2 Å². The molecule has 0 bridgehead atoms. The average molecular weight is 406 g/mol. The Hall–Kier alpha value is -3.06. The maximum absolute atomic E-state index is 12.7. The minimum atomic E-state index is -0.131. The average Bonchev–Trinajstić information content (AvgIpc) is 2.82. The summed E-state index contributed by atoms with van der Waals surface area (Å²) in [6.07, 6.45) is 3.50. The molecular weight excluding hydrogens is 378 g/mol. The number of fused-ring (bicyclic) bond motifs is 1. The number of carbonyl (C=O) groups excluding carboxylic acids is 1. The predicted octanol–water partition coefficient (Wildman–Crippen LogP) is 2.92. The summed E-state index contributed by atoms with van der Waals surface area (Å²) in [5, 5.41) is 2.97. The Labute approximate surface area is 176 Å². The first-order valence-electron chi connectivity index (χ1n) is 10.5. The van der Waals surface area contributed by atoms with Crippen LogP contribution in [0.3, 0.4) is 0 Å². The second kappa shape index (κ2) is 9.17. The van der Waals surface area contributed by atoms with E-state index in [4.69, 9.17) is 14.7 Å². The van der Waals surface area contributed by atoms with E-state index in [-0.39, 0.29) is 5.91 Å². The molecule has 0 spiro atoms. The maximum atomic E-state index is 12.7. The predicted molar refractivity (Wildman–Crippen MR) is 117 cm³/mol. The second-order valence-electron chi connectivity index (χ2n) is 7.33. The van der Waals surface area contributed by atoms with Gasteiger partial charge in [-0.2, -0.15) is 0 Å². The smallest absolute Gasteiger partial charge is 0.251 e. The molecule has 0 radical (unpaired) electrons. The van der Waals surface area contributed by atoms with Crippen LogP contribution in [0.25, 0.3) is 11.0 Å². The molecule has 1 fully saturated rings. The van der Waals surface area contributed by atoms with E-state index in [0.29, 0.717) is 12.1 Å². The Morgan fingerprint density at radius 3 is 2.43 bits per heavy atom. The number of amides is 1. The van der Waals surface area contributed by atoms with E-state index < -0.39 is 0 Å². The Kier molecular flexibility index (Phi) is 6.18. The normalized spacial score (nSPS) is 14.1. The first kappa shape index (κ1) is 20.2. The summed E-state index contributed by atoms with van der Waals surface area (Å²) in [5.41, 5.74) is 5.14. The Morgan fingerprint density at radius 2 is 1.77 bits per heavy atom. The van der Waals surface area contributed by atoms with Gasteiger partial charge in [0.1, 0.15) is 5.82 Å². The molecule has 0 atom stereocenters. The topological polar surface area (TPSA) is 80.2 Å². The van der Waals surface area contributed by atoms with Crippen LogP contribution in [0.2, 0.25) is 0 Å². The molecule has 1 saturated heterocycles. The number of ether oxygens (including phenoxy) is 1. The molecule has 3 heterocycles. The van der Waals surface area contributed by atoms with Crippen molar-refractivity contribution in [3.8, 4) is 0 Å². The van der Waals surface area contributed by atoms with Gasteiger partial charge in [0.15, 0.2) is 0 Å². The summed E-state index contributed by atoms with van der Waals surface area (Å²) in [6.45, 7) is 7.75. The number of rotatable bonds is 6. The van der Waals surface area contributed by atoms with Crippen molar-refractivity contribution in [3.05, 3.63) is 59.0 Å². The number of nitrogens with one attached hydrogen (secondary N) is 1. The minimum Gasteiger partial charge on any atom is -0.378 e. The van der Waals surface area contributed by atoms with Crippen molar-refractivity contribution in [2.24, 2.45) is 0 Å². The Morgan fingerprint density at radius 1 is 1.03 bits per heavy atom. The first-order valence-corrected chi connectivity index (χ1v) is 10.5. The van der Waals surface area contributed by atoms with Crippen molar-refractivity contribution in [2.45, 2.75) is 33.2 Å². The van der Waals surface area contributed by atoms with Gasteiger partial charge in [-0.05, 0) is 42.7 Å². The molecule has 3 aromatic rings. The highest BCUT2D eigenvalue weighted by atomic mass is 16.5. The molecule has 0 unspecified atom stereocenters. The van der Waals surface area contributed by atoms with Gasteiger partial charge < -0.3 is 15.0 Å². The van der Waals surface area contributed by atoms with Crippen LogP contribution in [-0.4, -0.2) is 47.2 Å². The lowest BCUT2D eigenvalue weighted by Crippen LogP contribution is -2.36. The van der Waals surface area contributed by atoms with Crippen LogP contribution in [0, 0.1) is 0 Å². The standard InChI is InChI=1S/C23H27N5O2/c1-3-18-19(4-2)27-21-13-17(6-7-20(21)26-18)23(29)25-15-16-5-8-22(24-14-16)28-9-11-30-12-10-28/h5-8,13-14H,3-4,9-12,15H2,1-2H3,(H,25,29). The summed E-state index contributed by atoms with van der Waals surface area (Å²) in [7, 11) is 0. The number of morpholine rings is 1. The molecule has 1 aliphatic rings. The fourth-order valence-corrected chi connectivity index (χ4v) is 3.62. The number of benzene rings is 1. The van der Waals surface area contributed by atoms with Gasteiger partial charge in [0, 0.05) is 31.4 Å². The molecule has 7 nitrogen and oxygen atoms in total. The molecule has 1 amide bonds. The SMILES string of the molecule is CCc1nc2ccc(C(=O)NCc3ccc(N4CCOCC4)nc3)cc2nc1CC. The van der Waals surface area contributed by atoms with Gasteiger partial charge in [0.2, 0.25) is 0 Å². The highest BCUT2D eigenvalue weighted by molar-refractivity contribution is 5.97. The molecule has 2 aromatic heterocycles. The summed E-state index contributed by atoms with van der Waals surface area (Å²) in [6, 6.07) is 9.49. The number of carbonyl (C=O) groups is 1. The minimum absolute atomic E-state index is 0.131. The van der Waals surface area contributed by atoms with Gasteiger partial charge >= 0.3 is 0 Å². The van der Waals surface area contributed by atoms with E-state index in [0.717, 1.165) is 72.9 Å². The van der Waals surface area contributed by atoms with Gasteiger partial charge in [-0.1, -0.05) is 19.9 Å². The third-order valence-electron chi connectivity index (χ3n) is 5.35. The van der Waals surface area contributed by atoms with Crippen LogP contribution in [0.15, 0.2) is 36.5 Å². The summed E-state index contributed by atoms with van der Waals surface area (Å²) < 4.78 is 5.38. The van der Waals surface area contributed by atoms with Crippen molar-refractivity contribution in [3.63, 3.8) is 0 Å². The zero-order chi connectivity index (χ0) is 20.9. The van der Waals surface area contributed by atoms with Gasteiger partial charge in [-0.25, -0.2) is 15.0 Å². The number of aromatic nitrogens is 3. The van der Waals surface area contributed by atoms with Crippen molar-refractivity contribution < 1.29 is 9.53 Å². The number of nitrogens with zero attached hydrogens (tertiary/aromatic N) is 4. The monoisotopic (exact) mass is 405 g/mol. The summed E-state index contributed by atoms with van der Waals surface area (Å²) in [5.74, 6) is 0.813. The van der Waals surface area contributed by atoms with E-state index in [1.165, 1.54) is 0 Å². The van der Waals surface area contributed by atoms with Crippen LogP contribution in [0.1, 0.15) is 41.2 Å². The number of aryl methyl sites for hydroxylation is 2. The van der Waals surface area contributed by atoms with Crippen molar-refractivity contribution in [1.29, 1.82) is 0 Å². The zero-order valence-corrected chi connectivity index (χ0v) is 17.5. The number of anilines is 1. The van der Waals surface area contributed by atoms with Crippen LogP contribution in [-0.2, 0) is 24.1 Å². The lowest BCUT2D eigenvalue weighted by atomic mass is 10.1. The van der Waals surface area contributed by atoms with Crippen molar-refractivity contribution >= 4 is 22.8 Å². The van der Waals surface area contributed by atoms with Gasteiger partial charge in [0.05, 0.1) is 35.6 Å². The lowest BCUT2D eigenvalue weighted by molar-refractivity contribution is 0.0951. The zero-order valence-electron chi connectivity index (χ0n) is 17.5. The molecular formula is C23H27N5O2. The van der Waals surface area contributed by atoms with Gasteiger partial charge in [-0.15, -0.1) is 0 Å². The largest absolute Gasteiger partial charge is 0.378 e. The van der Waals surface area contributed by atoms with Crippen molar-refractivity contribution in [1.82, 2.24) is 20.3 Å². The lowest BCUT2D eigenvalue weighted by Gasteiger charge is -2.27. The third-order valence-corrected chi connectivity index (χ3v) is 5.35. The van der Waals surface area contributed by atoms with E-state index in [9.17, 15) is 4.79 Å². The highest BCUT2D eigenvalue weighted by Gasteiger charge is 2.13. The van der Waals surface area contributed by atoms with Crippen LogP contribution in [0.5, 0.6) is 0 Å².